The monoisotopic (exact) mass is 300 g/mol. The van der Waals surface area contributed by atoms with Gasteiger partial charge in [0.25, 0.3) is 5.56 Å². The normalized spacial score (nSPS) is 23.1. The van der Waals surface area contributed by atoms with Gasteiger partial charge in [0.15, 0.2) is 0 Å². The fourth-order valence-electron chi connectivity index (χ4n) is 2.54. The molecular weight excluding hydrogens is 280 g/mol. The molecule has 0 radical (unpaired) electrons. The van der Waals surface area contributed by atoms with E-state index in [1.165, 1.54) is 4.68 Å². The summed E-state index contributed by atoms with van der Waals surface area (Å²) in [5.74, 6) is 0. The number of ether oxygens (including phenoxy) is 1. The van der Waals surface area contributed by atoms with E-state index in [0.29, 0.717) is 30.9 Å². The summed E-state index contributed by atoms with van der Waals surface area (Å²) >= 11 is 6.23. The molecule has 0 bridgehead atoms. The van der Waals surface area contributed by atoms with E-state index >= 15 is 0 Å². The summed E-state index contributed by atoms with van der Waals surface area (Å²) in [4.78, 5) is 14.3. The van der Waals surface area contributed by atoms with Gasteiger partial charge in [-0.05, 0) is 13.8 Å². The van der Waals surface area contributed by atoms with Gasteiger partial charge in [0.05, 0.1) is 25.0 Å². The molecule has 1 N–H and O–H groups in total. The number of aromatic nitrogens is 2. The Bertz CT molecular complexity index is 510. The van der Waals surface area contributed by atoms with Crippen molar-refractivity contribution >= 4 is 17.3 Å². The molecule has 1 aromatic heterocycles. The van der Waals surface area contributed by atoms with Crippen LogP contribution in [0.15, 0.2) is 11.0 Å². The smallest absolute Gasteiger partial charge is 0.287 e. The molecule has 112 valence electrons. The third-order valence-corrected chi connectivity index (χ3v) is 3.73. The van der Waals surface area contributed by atoms with Gasteiger partial charge in [0.1, 0.15) is 5.02 Å². The van der Waals surface area contributed by atoms with E-state index < -0.39 is 0 Å². The van der Waals surface area contributed by atoms with E-state index in [9.17, 15) is 4.79 Å². The number of nitrogens with zero attached hydrogens (tertiary/aromatic N) is 3. The van der Waals surface area contributed by atoms with Gasteiger partial charge in [-0.2, -0.15) is 5.10 Å². The van der Waals surface area contributed by atoms with Crippen LogP contribution in [0.3, 0.4) is 0 Å². The Labute approximate surface area is 123 Å². The molecule has 0 aromatic carbocycles. The second-order valence-electron chi connectivity index (χ2n) is 5.24. The maximum Gasteiger partial charge on any atom is 0.287 e. The molecule has 0 spiro atoms. The van der Waals surface area contributed by atoms with Gasteiger partial charge in [-0.25, -0.2) is 4.68 Å². The van der Waals surface area contributed by atoms with E-state index in [1.54, 1.807) is 13.3 Å². The molecule has 1 saturated heterocycles. The van der Waals surface area contributed by atoms with Crippen molar-refractivity contribution in [3.05, 3.63) is 21.6 Å². The van der Waals surface area contributed by atoms with Crippen molar-refractivity contribution < 1.29 is 4.74 Å². The molecule has 0 saturated carbocycles. The van der Waals surface area contributed by atoms with Crippen molar-refractivity contribution in [3.63, 3.8) is 0 Å². The molecule has 1 aromatic rings. The van der Waals surface area contributed by atoms with Gasteiger partial charge in [-0.1, -0.05) is 11.6 Å². The summed E-state index contributed by atoms with van der Waals surface area (Å²) in [7, 11) is 1.59. The molecule has 1 aliphatic heterocycles. The Morgan fingerprint density at radius 3 is 2.70 bits per heavy atom. The molecule has 2 unspecified atom stereocenters. The average Bonchev–Trinajstić information content (AvgIpc) is 2.39. The summed E-state index contributed by atoms with van der Waals surface area (Å²) < 4.78 is 6.29. The SMILES string of the molecule is COCCn1ncc(N2CC(C)NC(C)C2)c(Cl)c1=O. The first-order valence-electron chi connectivity index (χ1n) is 6.78. The van der Waals surface area contributed by atoms with Crippen molar-refractivity contribution in [2.75, 3.05) is 31.7 Å². The molecule has 2 rings (SSSR count). The van der Waals surface area contributed by atoms with Crippen LogP contribution >= 0.6 is 11.6 Å². The number of anilines is 1. The second-order valence-corrected chi connectivity index (χ2v) is 5.62. The highest BCUT2D eigenvalue weighted by Crippen LogP contribution is 2.23. The zero-order valence-electron chi connectivity index (χ0n) is 12.1. The van der Waals surface area contributed by atoms with Crippen molar-refractivity contribution in [2.45, 2.75) is 32.5 Å². The number of methoxy groups -OCH3 is 1. The molecule has 0 aliphatic carbocycles. The van der Waals surface area contributed by atoms with Gasteiger partial charge in [0.2, 0.25) is 0 Å². The average molecular weight is 301 g/mol. The number of halogens is 1. The molecule has 2 heterocycles. The third-order valence-electron chi connectivity index (χ3n) is 3.37. The number of hydrogen-bond acceptors (Lipinski definition) is 5. The molecule has 7 heteroatoms. The highest BCUT2D eigenvalue weighted by molar-refractivity contribution is 6.33. The van der Waals surface area contributed by atoms with Crippen molar-refractivity contribution in [1.82, 2.24) is 15.1 Å². The van der Waals surface area contributed by atoms with Gasteiger partial charge in [0, 0.05) is 32.3 Å². The number of hydrogen-bond donors (Lipinski definition) is 1. The van der Waals surface area contributed by atoms with Gasteiger partial charge >= 0.3 is 0 Å². The first-order chi connectivity index (χ1) is 9.52. The van der Waals surface area contributed by atoms with Gasteiger partial charge < -0.3 is 15.0 Å². The Balaban J connectivity index is 2.24. The van der Waals surface area contributed by atoms with E-state index in [2.05, 4.69) is 29.2 Å². The Morgan fingerprint density at radius 2 is 2.10 bits per heavy atom. The van der Waals surface area contributed by atoms with Crippen LogP contribution in [0.4, 0.5) is 5.69 Å². The number of nitrogens with one attached hydrogen (secondary N) is 1. The Hall–Kier alpha value is -1.11. The summed E-state index contributed by atoms with van der Waals surface area (Å²) in [6.45, 7) is 6.70. The Kier molecular flexibility index (Phi) is 5.01. The van der Waals surface area contributed by atoms with Crippen molar-refractivity contribution in [1.29, 1.82) is 0 Å². The minimum Gasteiger partial charge on any atom is -0.383 e. The molecule has 6 nitrogen and oxygen atoms in total. The first-order valence-corrected chi connectivity index (χ1v) is 7.16. The van der Waals surface area contributed by atoms with E-state index in [1.807, 2.05) is 0 Å². The van der Waals surface area contributed by atoms with Crippen molar-refractivity contribution in [3.8, 4) is 0 Å². The quantitative estimate of drug-likeness (QED) is 0.888. The predicted octanol–water partition coefficient (Wildman–Crippen LogP) is 0.730. The molecule has 0 amide bonds. The van der Waals surface area contributed by atoms with Crippen LogP contribution in [0.25, 0.3) is 0 Å². The summed E-state index contributed by atoms with van der Waals surface area (Å²) in [6, 6.07) is 0.705. The topological polar surface area (TPSA) is 59.4 Å². The summed E-state index contributed by atoms with van der Waals surface area (Å²) in [6.07, 6.45) is 1.67. The van der Waals surface area contributed by atoms with Crippen LogP contribution in [0.1, 0.15) is 13.8 Å². The molecular formula is C13H21ClN4O2. The minimum absolute atomic E-state index is 0.234. The summed E-state index contributed by atoms with van der Waals surface area (Å²) in [5.41, 5.74) is 0.450. The molecule has 2 atom stereocenters. The van der Waals surface area contributed by atoms with Crippen LogP contribution in [0.5, 0.6) is 0 Å². The zero-order chi connectivity index (χ0) is 14.7. The standard InChI is InChI=1S/C13H21ClN4O2/c1-9-7-17(8-10(2)16-9)11-6-15-18(4-5-20-3)13(19)12(11)14/h6,9-10,16H,4-5,7-8H2,1-3H3. The number of rotatable bonds is 4. The second kappa shape index (κ2) is 6.56. The van der Waals surface area contributed by atoms with Crippen molar-refractivity contribution in [2.24, 2.45) is 0 Å². The third kappa shape index (κ3) is 3.31. The Morgan fingerprint density at radius 1 is 1.45 bits per heavy atom. The highest BCUT2D eigenvalue weighted by Gasteiger charge is 2.24. The zero-order valence-corrected chi connectivity index (χ0v) is 12.9. The predicted molar refractivity (Wildman–Crippen MR) is 79.7 cm³/mol. The van der Waals surface area contributed by atoms with E-state index in [4.69, 9.17) is 16.3 Å². The maximum atomic E-state index is 12.2. The lowest BCUT2D eigenvalue weighted by molar-refractivity contribution is 0.182. The van der Waals surface area contributed by atoms with E-state index in [0.717, 1.165) is 13.1 Å². The summed E-state index contributed by atoms with van der Waals surface area (Å²) in [5, 5.41) is 7.86. The number of piperazine rings is 1. The van der Waals surface area contributed by atoms with Crippen LogP contribution < -0.4 is 15.8 Å². The molecule has 1 aliphatic rings. The fourth-order valence-corrected chi connectivity index (χ4v) is 2.80. The highest BCUT2D eigenvalue weighted by atomic mass is 35.5. The lowest BCUT2D eigenvalue weighted by Gasteiger charge is -2.37. The minimum atomic E-state index is -0.264. The van der Waals surface area contributed by atoms with E-state index in [-0.39, 0.29) is 10.6 Å². The molecule has 1 fully saturated rings. The van der Waals surface area contributed by atoms with Crippen LogP contribution in [-0.2, 0) is 11.3 Å². The van der Waals surface area contributed by atoms with Crippen LogP contribution in [-0.4, -0.2) is 48.7 Å². The molecule has 20 heavy (non-hydrogen) atoms. The van der Waals surface area contributed by atoms with Gasteiger partial charge in [-0.15, -0.1) is 0 Å². The largest absolute Gasteiger partial charge is 0.383 e. The van der Waals surface area contributed by atoms with Gasteiger partial charge in [-0.3, -0.25) is 4.79 Å². The maximum absolute atomic E-state index is 12.2. The first kappa shape index (κ1) is 15.3. The van der Waals surface area contributed by atoms with Crippen LogP contribution in [0.2, 0.25) is 5.02 Å². The van der Waals surface area contributed by atoms with Crippen LogP contribution in [0, 0.1) is 0 Å². The fraction of sp³-hybridized carbons (Fsp3) is 0.692. The lowest BCUT2D eigenvalue weighted by atomic mass is 10.1. The lowest BCUT2D eigenvalue weighted by Crippen LogP contribution is -2.54.